The third-order valence-corrected chi connectivity index (χ3v) is 4.56. The molecule has 0 amide bonds. The predicted octanol–water partition coefficient (Wildman–Crippen LogP) is 5.34. The van der Waals surface area contributed by atoms with Gasteiger partial charge < -0.3 is 9.80 Å². The molecule has 0 unspecified atom stereocenters. The summed E-state index contributed by atoms with van der Waals surface area (Å²) in [4.78, 5) is 8.08. The van der Waals surface area contributed by atoms with Crippen molar-refractivity contribution < 1.29 is 8.78 Å². The highest BCUT2D eigenvalue weighted by Crippen LogP contribution is 2.29. The van der Waals surface area contributed by atoms with Gasteiger partial charge in [-0.05, 0) is 67.3 Å². The van der Waals surface area contributed by atoms with Crippen LogP contribution < -0.4 is 4.90 Å². The second-order valence-electron chi connectivity index (χ2n) is 6.80. The standard InChI is InChI=1S/C22H27F2N3/c1-7-26(5)14-25-21-12-15(2)18(11-16(21)3)17(4)13-27(6)22-19(23)9-8-10-20(22)24/h8-12,14H,4,7,13H2,1-3,5-6H3. The molecule has 2 aromatic carbocycles. The van der Waals surface area contributed by atoms with Gasteiger partial charge in [0, 0.05) is 27.2 Å². The van der Waals surface area contributed by atoms with E-state index in [2.05, 4.69) is 18.5 Å². The number of nitrogens with zero attached hydrogens (tertiary/aromatic N) is 3. The van der Waals surface area contributed by atoms with E-state index in [-0.39, 0.29) is 5.69 Å². The fourth-order valence-corrected chi connectivity index (χ4v) is 2.87. The van der Waals surface area contributed by atoms with Crippen LogP contribution in [0.25, 0.3) is 5.57 Å². The summed E-state index contributed by atoms with van der Waals surface area (Å²) in [6.45, 7) is 11.4. The van der Waals surface area contributed by atoms with Gasteiger partial charge in [0.15, 0.2) is 0 Å². The monoisotopic (exact) mass is 371 g/mol. The lowest BCUT2D eigenvalue weighted by atomic mass is 9.97. The van der Waals surface area contributed by atoms with Crippen LogP contribution in [-0.2, 0) is 0 Å². The summed E-state index contributed by atoms with van der Waals surface area (Å²) >= 11 is 0. The van der Waals surface area contributed by atoms with Crippen molar-refractivity contribution in [3.05, 3.63) is 65.2 Å². The highest BCUT2D eigenvalue weighted by atomic mass is 19.1. The van der Waals surface area contributed by atoms with E-state index in [0.29, 0.717) is 6.54 Å². The minimum atomic E-state index is -0.581. The average Bonchev–Trinajstić information content (AvgIpc) is 2.61. The minimum Gasteiger partial charge on any atom is -0.366 e. The first-order chi connectivity index (χ1) is 12.7. The van der Waals surface area contributed by atoms with Gasteiger partial charge in [0.2, 0.25) is 0 Å². The molecule has 0 N–H and O–H groups in total. The molecule has 0 spiro atoms. The minimum absolute atomic E-state index is 0.0446. The predicted molar refractivity (Wildman–Crippen MR) is 111 cm³/mol. The molecule has 2 aromatic rings. The topological polar surface area (TPSA) is 18.8 Å². The molecule has 0 heterocycles. The molecule has 0 atom stereocenters. The van der Waals surface area contributed by atoms with Gasteiger partial charge in [-0.2, -0.15) is 0 Å². The summed E-state index contributed by atoms with van der Waals surface area (Å²) in [5, 5.41) is 0. The lowest BCUT2D eigenvalue weighted by Gasteiger charge is -2.23. The van der Waals surface area contributed by atoms with E-state index in [0.717, 1.165) is 34.5 Å². The number of hydrogen-bond acceptors (Lipinski definition) is 2. The maximum atomic E-state index is 14.0. The fraction of sp³-hybridized carbons (Fsp3) is 0.318. The van der Waals surface area contributed by atoms with Crippen molar-refractivity contribution >= 4 is 23.3 Å². The lowest BCUT2D eigenvalue weighted by Crippen LogP contribution is -2.22. The van der Waals surface area contributed by atoms with Crippen LogP contribution >= 0.6 is 0 Å². The molecule has 0 aliphatic carbocycles. The van der Waals surface area contributed by atoms with Crippen LogP contribution in [0.1, 0.15) is 23.6 Å². The Hall–Kier alpha value is -2.69. The van der Waals surface area contributed by atoms with Gasteiger partial charge in [-0.25, -0.2) is 13.8 Å². The summed E-state index contributed by atoms with van der Waals surface area (Å²) in [6, 6.07) is 7.92. The number of hydrogen-bond donors (Lipinski definition) is 0. The highest BCUT2D eigenvalue weighted by Gasteiger charge is 2.15. The van der Waals surface area contributed by atoms with E-state index in [1.54, 1.807) is 11.9 Å². The molecular formula is C22H27F2N3. The van der Waals surface area contributed by atoms with E-state index in [4.69, 9.17) is 0 Å². The molecule has 144 valence electrons. The first-order valence-corrected chi connectivity index (χ1v) is 8.93. The number of anilines is 1. The molecule has 0 bridgehead atoms. The van der Waals surface area contributed by atoms with E-state index in [1.807, 2.05) is 44.3 Å². The van der Waals surface area contributed by atoms with Crippen molar-refractivity contribution in [2.75, 3.05) is 32.1 Å². The van der Waals surface area contributed by atoms with E-state index in [1.165, 1.54) is 18.2 Å². The first kappa shape index (κ1) is 20.6. The molecule has 0 fully saturated rings. The molecule has 2 rings (SSSR count). The molecule has 27 heavy (non-hydrogen) atoms. The number of para-hydroxylation sites is 1. The number of aryl methyl sites for hydroxylation is 2. The van der Waals surface area contributed by atoms with Crippen LogP contribution in [0.5, 0.6) is 0 Å². The van der Waals surface area contributed by atoms with Gasteiger partial charge in [-0.1, -0.05) is 12.6 Å². The Kier molecular flexibility index (Phi) is 6.72. The van der Waals surface area contributed by atoms with Crippen LogP contribution in [0.4, 0.5) is 20.2 Å². The zero-order valence-electron chi connectivity index (χ0n) is 16.7. The summed E-state index contributed by atoms with van der Waals surface area (Å²) in [5.41, 5.74) is 4.67. The Bertz CT molecular complexity index is 839. The second-order valence-corrected chi connectivity index (χ2v) is 6.80. The molecule has 3 nitrogen and oxygen atoms in total. The Labute approximate surface area is 160 Å². The molecule has 0 saturated heterocycles. The Morgan fingerprint density at radius 1 is 1.11 bits per heavy atom. The van der Waals surface area contributed by atoms with Crippen LogP contribution in [-0.4, -0.2) is 38.4 Å². The van der Waals surface area contributed by atoms with Crippen LogP contribution in [0.3, 0.4) is 0 Å². The maximum Gasteiger partial charge on any atom is 0.149 e. The zero-order valence-corrected chi connectivity index (χ0v) is 16.7. The fourth-order valence-electron chi connectivity index (χ4n) is 2.87. The molecule has 0 aromatic heterocycles. The van der Waals surface area contributed by atoms with Crippen molar-refractivity contribution in [1.82, 2.24) is 4.90 Å². The molecule has 0 saturated carbocycles. The van der Waals surface area contributed by atoms with Crippen LogP contribution in [0.2, 0.25) is 0 Å². The van der Waals surface area contributed by atoms with Crippen molar-refractivity contribution in [2.45, 2.75) is 20.8 Å². The summed E-state index contributed by atoms with van der Waals surface area (Å²) in [5.74, 6) is -1.16. The summed E-state index contributed by atoms with van der Waals surface area (Å²) in [7, 11) is 3.63. The van der Waals surface area contributed by atoms with Crippen LogP contribution in [0, 0.1) is 25.5 Å². The maximum absolute atomic E-state index is 14.0. The third-order valence-electron chi connectivity index (χ3n) is 4.56. The van der Waals surface area contributed by atoms with Crippen molar-refractivity contribution in [3.8, 4) is 0 Å². The zero-order chi connectivity index (χ0) is 20.1. The quantitative estimate of drug-likeness (QED) is 0.483. The van der Waals surface area contributed by atoms with Gasteiger partial charge in [-0.15, -0.1) is 0 Å². The van der Waals surface area contributed by atoms with Gasteiger partial charge in [-0.3, -0.25) is 0 Å². The normalized spacial score (nSPS) is 11.1. The summed E-state index contributed by atoms with van der Waals surface area (Å²) in [6.07, 6.45) is 1.81. The number of benzene rings is 2. The molecular weight excluding hydrogens is 344 g/mol. The van der Waals surface area contributed by atoms with Crippen molar-refractivity contribution in [2.24, 2.45) is 4.99 Å². The number of likely N-dealkylation sites (N-methyl/N-ethyl adjacent to an activating group) is 1. The molecule has 0 radical (unpaired) electrons. The third kappa shape index (κ3) is 4.94. The van der Waals surface area contributed by atoms with Gasteiger partial charge >= 0.3 is 0 Å². The number of halogens is 2. The van der Waals surface area contributed by atoms with Gasteiger partial charge in [0.1, 0.15) is 17.3 Å². The SMILES string of the molecule is C=C(CN(C)c1c(F)cccc1F)c1cc(C)c(N=CN(C)CC)cc1C. The second kappa shape index (κ2) is 8.80. The smallest absolute Gasteiger partial charge is 0.149 e. The summed E-state index contributed by atoms with van der Waals surface area (Å²) < 4.78 is 28.0. The van der Waals surface area contributed by atoms with E-state index >= 15 is 0 Å². The first-order valence-electron chi connectivity index (χ1n) is 8.93. The highest BCUT2D eigenvalue weighted by molar-refractivity contribution is 5.74. The Morgan fingerprint density at radius 3 is 2.33 bits per heavy atom. The van der Waals surface area contributed by atoms with Gasteiger partial charge in [0.05, 0.1) is 12.0 Å². The molecule has 0 aliphatic rings. The largest absolute Gasteiger partial charge is 0.366 e. The Balaban J connectivity index is 2.24. The van der Waals surface area contributed by atoms with E-state index in [9.17, 15) is 8.78 Å². The average molecular weight is 371 g/mol. The van der Waals surface area contributed by atoms with Gasteiger partial charge in [0.25, 0.3) is 0 Å². The number of rotatable bonds is 7. The van der Waals surface area contributed by atoms with Crippen molar-refractivity contribution in [3.63, 3.8) is 0 Å². The Morgan fingerprint density at radius 2 is 1.74 bits per heavy atom. The van der Waals surface area contributed by atoms with Crippen LogP contribution in [0.15, 0.2) is 41.9 Å². The molecule has 5 heteroatoms. The lowest BCUT2D eigenvalue weighted by molar-refractivity contribution is 0.552. The van der Waals surface area contributed by atoms with E-state index < -0.39 is 11.6 Å². The van der Waals surface area contributed by atoms with Crippen molar-refractivity contribution in [1.29, 1.82) is 0 Å². The molecule has 0 aliphatic heterocycles. The number of aliphatic imine (C=N–C) groups is 1.